The number of carbonyl (C=O) groups excluding carboxylic acids is 2. The second kappa shape index (κ2) is 10.2. The fraction of sp³-hybridized carbons (Fsp3) is 0.478. The van der Waals surface area contributed by atoms with E-state index in [-0.39, 0.29) is 35.1 Å². The van der Waals surface area contributed by atoms with Crippen LogP contribution in [-0.4, -0.2) is 34.9 Å². The van der Waals surface area contributed by atoms with E-state index in [1.807, 2.05) is 56.8 Å². The molecule has 168 valence electrons. The first-order valence-corrected chi connectivity index (χ1v) is 12.3. The molecule has 6 nitrogen and oxygen atoms in total. The van der Waals surface area contributed by atoms with Gasteiger partial charge in [0.15, 0.2) is 0 Å². The van der Waals surface area contributed by atoms with Gasteiger partial charge in [-0.3, -0.25) is 14.8 Å². The maximum absolute atomic E-state index is 12.3. The zero-order valence-corrected chi connectivity index (χ0v) is 19.9. The Hall–Kier alpha value is -1.87. The summed E-state index contributed by atoms with van der Waals surface area (Å²) in [5.41, 5.74) is 3.47. The van der Waals surface area contributed by atoms with E-state index in [1.54, 1.807) is 16.8 Å². The van der Waals surface area contributed by atoms with Crippen LogP contribution < -0.4 is 16.1 Å². The smallest absolute Gasteiger partial charge is 0.245 e. The number of hydrogen-bond donors (Lipinski definition) is 4. The van der Waals surface area contributed by atoms with Crippen molar-refractivity contribution in [2.45, 2.75) is 56.7 Å². The van der Waals surface area contributed by atoms with Crippen LogP contribution in [0.5, 0.6) is 0 Å². The summed E-state index contributed by atoms with van der Waals surface area (Å²) >= 11 is 3.49. The third kappa shape index (κ3) is 6.55. The van der Waals surface area contributed by atoms with Crippen LogP contribution in [0.2, 0.25) is 0 Å². The summed E-state index contributed by atoms with van der Waals surface area (Å²) in [6.45, 7) is 6.33. The number of nitrogens with one attached hydrogen (secondary N) is 3. The van der Waals surface area contributed by atoms with Crippen molar-refractivity contribution in [1.29, 1.82) is 0 Å². The number of hydroxylamine groups is 1. The third-order valence-corrected chi connectivity index (χ3v) is 8.27. The Labute approximate surface area is 192 Å². The normalized spacial score (nSPS) is 19.1. The van der Waals surface area contributed by atoms with Crippen LogP contribution in [-0.2, 0) is 14.3 Å². The van der Waals surface area contributed by atoms with Crippen molar-refractivity contribution in [3.63, 3.8) is 0 Å². The van der Waals surface area contributed by atoms with Crippen molar-refractivity contribution < 1.29 is 14.8 Å². The number of rotatable bonds is 7. The third-order valence-electron chi connectivity index (χ3n) is 5.19. The maximum atomic E-state index is 12.3. The predicted molar refractivity (Wildman–Crippen MR) is 129 cm³/mol. The Bertz CT molecular complexity index is 915. The van der Waals surface area contributed by atoms with Crippen LogP contribution in [0.25, 0.3) is 10.4 Å². The molecule has 0 unspecified atom stereocenters. The number of hydrogen-bond acceptors (Lipinski definition) is 6. The standard InChI is InChI=1S/C23H31N3O3S2/c1-22(2,3)24-15-21(28)25-17-8-6-7-16(13-17)18-9-10-19(31-18)23(14-20(27)26-29)11-4-5-12-30-23/h6-10,13,24,29H,4-5,11-12,14-15H2,1-3H3,(H,25,28)(H,26,27)/t23-/m0/s1. The molecule has 2 heterocycles. The van der Waals surface area contributed by atoms with Crippen LogP contribution in [0.15, 0.2) is 36.4 Å². The van der Waals surface area contributed by atoms with E-state index >= 15 is 0 Å². The highest BCUT2D eigenvalue weighted by atomic mass is 32.2. The molecule has 1 atom stereocenters. The zero-order chi connectivity index (χ0) is 22.5. The Morgan fingerprint density at radius 3 is 2.61 bits per heavy atom. The molecule has 0 saturated carbocycles. The molecule has 31 heavy (non-hydrogen) atoms. The van der Waals surface area contributed by atoms with Gasteiger partial charge in [0.05, 0.1) is 11.3 Å². The molecule has 1 saturated heterocycles. The van der Waals surface area contributed by atoms with Crippen molar-refractivity contribution in [2.75, 3.05) is 17.6 Å². The summed E-state index contributed by atoms with van der Waals surface area (Å²) < 4.78 is -0.293. The molecule has 1 aromatic carbocycles. The number of carbonyl (C=O) groups is 2. The van der Waals surface area contributed by atoms with Crippen molar-refractivity contribution in [1.82, 2.24) is 10.8 Å². The van der Waals surface area contributed by atoms with E-state index in [0.717, 1.165) is 46.0 Å². The molecule has 0 spiro atoms. The summed E-state index contributed by atoms with van der Waals surface area (Å²) in [6.07, 6.45) is 3.41. The first-order valence-electron chi connectivity index (χ1n) is 10.5. The molecule has 1 aliphatic heterocycles. The summed E-state index contributed by atoms with van der Waals surface area (Å²) in [6, 6.07) is 12.0. The lowest BCUT2D eigenvalue weighted by Crippen LogP contribution is -2.41. The molecule has 3 rings (SSSR count). The Kier molecular flexibility index (Phi) is 7.80. The average molecular weight is 462 g/mol. The highest BCUT2D eigenvalue weighted by Crippen LogP contribution is 2.50. The molecule has 1 aliphatic rings. The van der Waals surface area contributed by atoms with Crippen molar-refractivity contribution in [3.05, 3.63) is 41.3 Å². The van der Waals surface area contributed by atoms with Gasteiger partial charge in [-0.15, -0.1) is 23.1 Å². The van der Waals surface area contributed by atoms with Gasteiger partial charge in [-0.2, -0.15) is 0 Å². The van der Waals surface area contributed by atoms with Gasteiger partial charge in [0, 0.05) is 27.4 Å². The maximum Gasteiger partial charge on any atom is 0.245 e. The Morgan fingerprint density at radius 1 is 1.13 bits per heavy atom. The topological polar surface area (TPSA) is 90.5 Å². The van der Waals surface area contributed by atoms with E-state index < -0.39 is 0 Å². The minimum absolute atomic E-state index is 0.0773. The lowest BCUT2D eigenvalue weighted by molar-refractivity contribution is -0.129. The highest BCUT2D eigenvalue weighted by molar-refractivity contribution is 8.00. The van der Waals surface area contributed by atoms with Gasteiger partial charge in [0.2, 0.25) is 11.8 Å². The van der Waals surface area contributed by atoms with Gasteiger partial charge >= 0.3 is 0 Å². The van der Waals surface area contributed by atoms with E-state index in [4.69, 9.17) is 5.21 Å². The molecule has 0 aliphatic carbocycles. The van der Waals surface area contributed by atoms with Gasteiger partial charge in [0.1, 0.15) is 0 Å². The molecule has 1 fully saturated rings. The largest absolute Gasteiger partial charge is 0.325 e. The minimum atomic E-state index is -0.349. The molecule has 2 amide bonds. The minimum Gasteiger partial charge on any atom is -0.325 e. The van der Waals surface area contributed by atoms with Crippen LogP contribution >= 0.6 is 23.1 Å². The molecule has 0 bridgehead atoms. The van der Waals surface area contributed by atoms with Crippen molar-refractivity contribution in [2.24, 2.45) is 0 Å². The molecule has 4 N–H and O–H groups in total. The molecule has 2 aromatic rings. The SMILES string of the molecule is CC(C)(C)NCC(=O)Nc1cccc(-c2ccc([C@@]3(CC(=O)NO)CCCCS3)s2)c1. The van der Waals surface area contributed by atoms with E-state index in [0.29, 0.717) is 0 Å². The fourth-order valence-corrected chi connectivity index (χ4v) is 6.50. The van der Waals surface area contributed by atoms with Crippen LogP contribution in [0, 0.1) is 0 Å². The summed E-state index contributed by atoms with van der Waals surface area (Å²) in [4.78, 5) is 26.5. The molecule has 0 radical (unpaired) electrons. The average Bonchev–Trinajstić information content (AvgIpc) is 3.24. The number of amides is 2. The van der Waals surface area contributed by atoms with Gasteiger partial charge in [-0.1, -0.05) is 18.6 Å². The van der Waals surface area contributed by atoms with Gasteiger partial charge in [-0.25, -0.2) is 5.48 Å². The number of thioether (sulfide) groups is 1. The predicted octanol–water partition coefficient (Wildman–Crippen LogP) is 4.75. The second-order valence-electron chi connectivity index (χ2n) is 8.91. The van der Waals surface area contributed by atoms with Crippen LogP contribution in [0.4, 0.5) is 5.69 Å². The number of benzene rings is 1. The van der Waals surface area contributed by atoms with Crippen LogP contribution in [0.3, 0.4) is 0 Å². The summed E-state index contributed by atoms with van der Waals surface area (Å²) in [7, 11) is 0. The van der Waals surface area contributed by atoms with Gasteiger partial charge in [0.25, 0.3) is 0 Å². The van der Waals surface area contributed by atoms with Gasteiger partial charge in [-0.05, 0) is 69.2 Å². The number of anilines is 1. The van der Waals surface area contributed by atoms with Crippen LogP contribution in [0.1, 0.15) is 51.3 Å². The zero-order valence-electron chi connectivity index (χ0n) is 18.3. The molecular weight excluding hydrogens is 430 g/mol. The molecular formula is C23H31N3O3S2. The van der Waals surface area contributed by atoms with E-state index in [1.165, 1.54) is 0 Å². The Morgan fingerprint density at radius 2 is 1.94 bits per heavy atom. The summed E-state index contributed by atoms with van der Waals surface area (Å²) in [5, 5.41) is 15.2. The Balaban J connectivity index is 1.76. The highest BCUT2D eigenvalue weighted by Gasteiger charge is 2.38. The van der Waals surface area contributed by atoms with Gasteiger partial charge < -0.3 is 10.6 Å². The number of thiophene rings is 1. The monoisotopic (exact) mass is 461 g/mol. The quantitative estimate of drug-likeness (QED) is 0.353. The first-order chi connectivity index (χ1) is 14.7. The van der Waals surface area contributed by atoms with E-state index in [9.17, 15) is 9.59 Å². The lowest BCUT2D eigenvalue weighted by Gasteiger charge is -2.35. The molecule has 1 aromatic heterocycles. The van der Waals surface area contributed by atoms with Crippen molar-refractivity contribution in [3.8, 4) is 10.4 Å². The van der Waals surface area contributed by atoms with E-state index in [2.05, 4.69) is 22.8 Å². The fourth-order valence-electron chi connectivity index (χ4n) is 3.61. The summed E-state index contributed by atoms with van der Waals surface area (Å²) in [5.74, 6) is 0.584. The lowest BCUT2D eigenvalue weighted by atomic mass is 9.94. The molecule has 8 heteroatoms. The first kappa shape index (κ1) is 23.8. The second-order valence-corrected chi connectivity index (χ2v) is 11.5. The van der Waals surface area contributed by atoms with Crippen molar-refractivity contribution >= 4 is 40.6 Å².